The molecule has 0 spiro atoms. The fraction of sp³-hybridized carbons (Fsp3) is 0.290. The molecule has 1 aliphatic carbocycles. The smallest absolute Gasteiger partial charge is 0.288 e. The van der Waals surface area contributed by atoms with Crippen LogP contribution >= 0.6 is 23.5 Å². The van der Waals surface area contributed by atoms with Gasteiger partial charge in [-0.2, -0.15) is 8.78 Å². The Hall–Kier alpha value is -3.10. The number of aliphatic imine (C=N–C) groups is 1. The molecule has 3 aromatic rings. The van der Waals surface area contributed by atoms with E-state index in [9.17, 15) is 13.6 Å². The number of amides is 1. The van der Waals surface area contributed by atoms with Crippen molar-refractivity contribution < 1.29 is 13.6 Å². The summed E-state index contributed by atoms with van der Waals surface area (Å²) >= 11 is 1.90. The van der Waals surface area contributed by atoms with Crippen molar-refractivity contribution in [1.29, 1.82) is 0 Å². The topological polar surface area (TPSA) is 35.9 Å². The van der Waals surface area contributed by atoms with Gasteiger partial charge in [0.25, 0.3) is 11.7 Å². The summed E-state index contributed by atoms with van der Waals surface area (Å²) in [6, 6.07) is 25.6. The lowest BCUT2D eigenvalue weighted by Crippen LogP contribution is -2.37. The van der Waals surface area contributed by atoms with Gasteiger partial charge in [-0.05, 0) is 85.1 Å². The monoisotopic (exact) mass is 563 g/mol. The number of carbonyl (C=O) groups excluding carboxylic acids is 1. The molecule has 0 N–H and O–H groups in total. The summed E-state index contributed by atoms with van der Waals surface area (Å²) in [5.74, 6) is -2.47. The quantitative estimate of drug-likeness (QED) is 0.193. The van der Waals surface area contributed by atoms with E-state index < -0.39 is 5.76 Å². The van der Waals surface area contributed by atoms with Crippen LogP contribution in [0.1, 0.15) is 43.7 Å². The molecule has 0 radical (unpaired) electrons. The standard InChI is InChI=1S/C31H31F2N3OS2/c1-2-35(21-23-8-4-3-5-9-23)25-16-12-22(13-17-25)20-28-29(37)36(26-10-6-7-11-26)31(39-28)34-24-14-18-27(19-15-24)38-30(32)33/h3-5,8-9,12-20,26,30H,2,6-7,10-11,21H2,1H3/b28-20-,34-31?. The van der Waals surface area contributed by atoms with Gasteiger partial charge in [-0.25, -0.2) is 4.99 Å². The molecule has 2 fully saturated rings. The summed E-state index contributed by atoms with van der Waals surface area (Å²) in [6.45, 7) is 3.88. The molecule has 2 aliphatic rings. The van der Waals surface area contributed by atoms with Crippen molar-refractivity contribution in [3.05, 3.63) is 94.9 Å². The van der Waals surface area contributed by atoms with Gasteiger partial charge in [0.05, 0.1) is 10.6 Å². The van der Waals surface area contributed by atoms with Gasteiger partial charge in [0.1, 0.15) is 0 Å². The predicted molar refractivity (Wildman–Crippen MR) is 160 cm³/mol. The lowest BCUT2D eigenvalue weighted by Gasteiger charge is -2.23. The Morgan fingerprint density at radius 1 is 1.03 bits per heavy atom. The second-order valence-electron chi connectivity index (χ2n) is 9.58. The SMILES string of the molecule is CCN(Cc1ccccc1)c1ccc(/C=C2\SC(=Nc3ccc(SC(F)F)cc3)N(C3CCCC3)C2=O)cc1. The van der Waals surface area contributed by atoms with Crippen LogP contribution in [0.2, 0.25) is 0 Å². The van der Waals surface area contributed by atoms with Crippen LogP contribution in [-0.2, 0) is 11.3 Å². The van der Waals surface area contributed by atoms with Gasteiger partial charge in [-0.15, -0.1) is 0 Å². The molecule has 8 heteroatoms. The van der Waals surface area contributed by atoms with Crippen LogP contribution in [0.4, 0.5) is 20.2 Å². The molecule has 1 saturated heterocycles. The van der Waals surface area contributed by atoms with Crippen molar-refractivity contribution in [2.45, 2.75) is 55.8 Å². The molecule has 3 aromatic carbocycles. The van der Waals surface area contributed by atoms with Gasteiger partial charge in [0.15, 0.2) is 5.17 Å². The third-order valence-electron chi connectivity index (χ3n) is 6.97. The van der Waals surface area contributed by atoms with Gasteiger partial charge in [-0.3, -0.25) is 9.69 Å². The summed E-state index contributed by atoms with van der Waals surface area (Å²) in [6.07, 6.45) is 6.07. The highest BCUT2D eigenvalue weighted by Gasteiger charge is 2.39. The maximum Gasteiger partial charge on any atom is 0.288 e. The molecule has 4 nitrogen and oxygen atoms in total. The largest absolute Gasteiger partial charge is 0.367 e. The van der Waals surface area contributed by atoms with Gasteiger partial charge < -0.3 is 4.90 Å². The molecule has 0 bridgehead atoms. The molecule has 0 aromatic heterocycles. The molecule has 202 valence electrons. The molecular weight excluding hydrogens is 532 g/mol. The summed E-state index contributed by atoms with van der Waals surface area (Å²) < 4.78 is 25.4. The Balaban J connectivity index is 1.36. The molecule has 5 rings (SSSR count). The fourth-order valence-electron chi connectivity index (χ4n) is 4.98. The van der Waals surface area contributed by atoms with E-state index in [1.165, 1.54) is 17.3 Å². The molecule has 1 aliphatic heterocycles. The van der Waals surface area contributed by atoms with Crippen LogP contribution in [0.5, 0.6) is 0 Å². The number of nitrogens with zero attached hydrogens (tertiary/aromatic N) is 3. The second-order valence-corrected chi connectivity index (χ2v) is 11.7. The number of rotatable bonds is 9. The van der Waals surface area contributed by atoms with Gasteiger partial charge in [0, 0.05) is 29.7 Å². The molecule has 1 amide bonds. The van der Waals surface area contributed by atoms with Crippen LogP contribution in [0, 0.1) is 0 Å². The van der Waals surface area contributed by atoms with E-state index in [2.05, 4.69) is 60.4 Å². The summed E-state index contributed by atoms with van der Waals surface area (Å²) in [7, 11) is 0. The zero-order valence-electron chi connectivity index (χ0n) is 21.8. The number of amidine groups is 1. The van der Waals surface area contributed by atoms with Crippen LogP contribution in [0.15, 0.2) is 93.7 Å². The van der Waals surface area contributed by atoms with E-state index in [4.69, 9.17) is 4.99 Å². The average Bonchev–Trinajstić information content (AvgIpc) is 3.57. The summed E-state index contributed by atoms with van der Waals surface area (Å²) in [5, 5.41) is 0.657. The number of hydrogen-bond donors (Lipinski definition) is 0. The minimum Gasteiger partial charge on any atom is -0.367 e. The molecule has 39 heavy (non-hydrogen) atoms. The first-order valence-electron chi connectivity index (χ1n) is 13.3. The number of halogens is 2. The molecule has 1 heterocycles. The van der Waals surface area contributed by atoms with Crippen molar-refractivity contribution >= 4 is 52.0 Å². The zero-order chi connectivity index (χ0) is 27.2. The number of benzene rings is 3. The number of anilines is 1. The van der Waals surface area contributed by atoms with Gasteiger partial charge >= 0.3 is 0 Å². The van der Waals surface area contributed by atoms with E-state index >= 15 is 0 Å². The normalized spacial score (nSPS) is 18.2. The van der Waals surface area contributed by atoms with Crippen molar-refractivity contribution in [3.8, 4) is 0 Å². The molecular formula is C31H31F2N3OS2. The zero-order valence-corrected chi connectivity index (χ0v) is 23.4. The first-order chi connectivity index (χ1) is 19.0. The van der Waals surface area contributed by atoms with E-state index in [1.54, 1.807) is 24.3 Å². The Bertz CT molecular complexity index is 1320. The number of thioether (sulfide) groups is 2. The Morgan fingerprint density at radius 3 is 2.36 bits per heavy atom. The van der Waals surface area contributed by atoms with Gasteiger partial charge in [-0.1, -0.05) is 67.1 Å². The van der Waals surface area contributed by atoms with Crippen LogP contribution < -0.4 is 4.90 Å². The van der Waals surface area contributed by atoms with Crippen molar-refractivity contribution in [2.24, 2.45) is 4.99 Å². The minimum atomic E-state index is -2.46. The third kappa shape index (κ3) is 6.92. The maximum absolute atomic E-state index is 13.6. The number of alkyl halides is 2. The average molecular weight is 564 g/mol. The maximum atomic E-state index is 13.6. The minimum absolute atomic E-state index is 0.0149. The fourth-order valence-corrected chi connectivity index (χ4v) is 6.54. The van der Waals surface area contributed by atoms with Crippen molar-refractivity contribution in [3.63, 3.8) is 0 Å². The Labute approximate surface area is 237 Å². The highest BCUT2D eigenvalue weighted by Crippen LogP contribution is 2.39. The molecule has 1 saturated carbocycles. The summed E-state index contributed by atoms with van der Waals surface area (Å²) in [4.78, 5) is 23.6. The molecule has 0 unspecified atom stereocenters. The third-order valence-corrected chi connectivity index (χ3v) is 8.67. The first kappa shape index (κ1) is 27.5. The van der Waals surface area contributed by atoms with Crippen LogP contribution in [0.3, 0.4) is 0 Å². The van der Waals surface area contributed by atoms with E-state index in [0.717, 1.165) is 50.0 Å². The highest BCUT2D eigenvalue weighted by atomic mass is 32.2. The van der Waals surface area contributed by atoms with Crippen molar-refractivity contribution in [2.75, 3.05) is 11.4 Å². The highest BCUT2D eigenvalue weighted by molar-refractivity contribution is 8.18. The lowest BCUT2D eigenvalue weighted by molar-refractivity contribution is -0.123. The predicted octanol–water partition coefficient (Wildman–Crippen LogP) is 8.57. The van der Waals surface area contributed by atoms with E-state index in [0.29, 0.717) is 32.4 Å². The first-order valence-corrected chi connectivity index (χ1v) is 15.0. The molecule has 0 atom stereocenters. The van der Waals surface area contributed by atoms with E-state index in [1.807, 2.05) is 17.0 Å². The van der Waals surface area contributed by atoms with Gasteiger partial charge in [0.2, 0.25) is 0 Å². The van der Waals surface area contributed by atoms with Crippen LogP contribution in [0.25, 0.3) is 6.08 Å². The number of hydrogen-bond acceptors (Lipinski definition) is 5. The second kappa shape index (κ2) is 12.8. The van der Waals surface area contributed by atoms with E-state index in [-0.39, 0.29) is 11.9 Å². The Morgan fingerprint density at radius 2 is 1.72 bits per heavy atom. The Kier molecular flexibility index (Phi) is 9.04. The van der Waals surface area contributed by atoms with Crippen LogP contribution in [-0.4, -0.2) is 34.3 Å². The number of carbonyl (C=O) groups is 1. The lowest BCUT2D eigenvalue weighted by atomic mass is 10.1. The summed E-state index contributed by atoms with van der Waals surface area (Å²) in [5.41, 5.74) is 4.01. The van der Waals surface area contributed by atoms with Crippen molar-refractivity contribution in [1.82, 2.24) is 4.90 Å².